The molecule has 0 fully saturated rings. The number of rotatable bonds is 2. The number of fused-ring (bicyclic) bond motifs is 1. The number of amides is 1. The van der Waals surface area contributed by atoms with Crippen LogP contribution in [0.25, 0.3) is 10.9 Å². The molecule has 0 saturated carbocycles. The lowest BCUT2D eigenvalue weighted by Gasteiger charge is -2.03. The van der Waals surface area contributed by atoms with Crippen molar-refractivity contribution >= 4 is 61.0 Å². The molecule has 0 unspecified atom stereocenters. The van der Waals surface area contributed by atoms with Crippen LogP contribution in [-0.2, 0) is 0 Å². The molecule has 0 aliphatic heterocycles. The second kappa shape index (κ2) is 5.57. The number of aromatic nitrogens is 1. The van der Waals surface area contributed by atoms with Gasteiger partial charge in [0.15, 0.2) is 0 Å². The van der Waals surface area contributed by atoms with Gasteiger partial charge in [-0.1, -0.05) is 28.1 Å². The first-order chi connectivity index (χ1) is 9.61. The Morgan fingerprint density at radius 1 is 1.15 bits per heavy atom. The predicted octanol–water partition coefficient (Wildman–Crippen LogP) is 4.79. The van der Waals surface area contributed by atoms with E-state index < -0.39 is 0 Å². The van der Waals surface area contributed by atoms with Crippen LogP contribution >= 0.6 is 38.5 Å². The SMILES string of the molecule is O=C(Nc1cccc(I)c1)c1cc2ccc(Br)cc2[nH]1. The monoisotopic (exact) mass is 440 g/mol. The number of aromatic amines is 1. The molecule has 3 aromatic rings. The van der Waals surface area contributed by atoms with E-state index in [9.17, 15) is 4.79 Å². The van der Waals surface area contributed by atoms with Gasteiger partial charge in [-0.05, 0) is 59.0 Å². The Morgan fingerprint density at radius 3 is 2.80 bits per heavy atom. The first kappa shape index (κ1) is 13.6. The summed E-state index contributed by atoms with van der Waals surface area (Å²) < 4.78 is 2.07. The van der Waals surface area contributed by atoms with E-state index in [2.05, 4.69) is 48.8 Å². The standard InChI is InChI=1S/C15H10BrIN2O/c16-10-5-4-9-6-14(19-13(9)7-10)15(20)18-12-3-1-2-11(17)8-12/h1-8,19H,(H,18,20). The Morgan fingerprint density at radius 2 is 2.00 bits per heavy atom. The number of carbonyl (C=O) groups excluding carboxylic acids is 1. The van der Waals surface area contributed by atoms with E-state index in [1.807, 2.05) is 48.5 Å². The summed E-state index contributed by atoms with van der Waals surface area (Å²) >= 11 is 5.64. The third-order valence-corrected chi connectivity index (χ3v) is 4.08. The van der Waals surface area contributed by atoms with Crippen LogP contribution < -0.4 is 5.32 Å². The Balaban J connectivity index is 1.88. The summed E-state index contributed by atoms with van der Waals surface area (Å²) in [5.74, 6) is -0.140. The van der Waals surface area contributed by atoms with Crippen molar-refractivity contribution in [3.8, 4) is 0 Å². The van der Waals surface area contributed by atoms with E-state index in [0.29, 0.717) is 5.69 Å². The molecule has 0 radical (unpaired) electrons. The number of hydrogen-bond acceptors (Lipinski definition) is 1. The molecule has 0 spiro atoms. The van der Waals surface area contributed by atoms with E-state index >= 15 is 0 Å². The highest BCUT2D eigenvalue weighted by atomic mass is 127. The van der Waals surface area contributed by atoms with Crippen molar-refractivity contribution in [3.05, 3.63) is 62.3 Å². The third-order valence-electron chi connectivity index (χ3n) is 2.91. The molecule has 1 amide bonds. The molecule has 2 aromatic carbocycles. The van der Waals surface area contributed by atoms with Gasteiger partial charge >= 0.3 is 0 Å². The van der Waals surface area contributed by atoms with Crippen molar-refractivity contribution < 1.29 is 4.79 Å². The normalized spacial score (nSPS) is 10.7. The molecule has 20 heavy (non-hydrogen) atoms. The smallest absolute Gasteiger partial charge is 0.272 e. The van der Waals surface area contributed by atoms with E-state index in [1.54, 1.807) is 0 Å². The summed E-state index contributed by atoms with van der Waals surface area (Å²) in [5.41, 5.74) is 2.28. The van der Waals surface area contributed by atoms with Crippen LogP contribution in [0.5, 0.6) is 0 Å². The zero-order chi connectivity index (χ0) is 14.1. The maximum atomic E-state index is 12.2. The van der Waals surface area contributed by atoms with Gasteiger partial charge in [-0.3, -0.25) is 4.79 Å². The molecule has 3 rings (SSSR count). The lowest BCUT2D eigenvalue weighted by molar-refractivity contribution is 0.102. The van der Waals surface area contributed by atoms with Crippen LogP contribution in [0.3, 0.4) is 0 Å². The summed E-state index contributed by atoms with van der Waals surface area (Å²) in [6.45, 7) is 0. The minimum atomic E-state index is -0.140. The van der Waals surface area contributed by atoms with E-state index in [4.69, 9.17) is 0 Å². The fourth-order valence-electron chi connectivity index (χ4n) is 1.99. The highest BCUT2D eigenvalue weighted by Gasteiger charge is 2.10. The minimum absolute atomic E-state index is 0.140. The van der Waals surface area contributed by atoms with Gasteiger partial charge in [0.05, 0.1) is 0 Å². The summed E-state index contributed by atoms with van der Waals surface area (Å²) in [6, 6.07) is 15.4. The Labute approximate surface area is 138 Å². The topological polar surface area (TPSA) is 44.9 Å². The molecule has 0 bridgehead atoms. The zero-order valence-electron chi connectivity index (χ0n) is 10.3. The van der Waals surface area contributed by atoms with Gasteiger partial charge in [-0.15, -0.1) is 0 Å². The summed E-state index contributed by atoms with van der Waals surface area (Å²) in [5, 5.41) is 3.90. The molecule has 1 heterocycles. The average Bonchev–Trinajstić information content (AvgIpc) is 2.81. The lowest BCUT2D eigenvalue weighted by Crippen LogP contribution is -2.12. The zero-order valence-corrected chi connectivity index (χ0v) is 14.0. The van der Waals surface area contributed by atoms with E-state index in [0.717, 1.165) is 24.6 Å². The molecule has 0 saturated heterocycles. The number of benzene rings is 2. The molecular formula is C15H10BrIN2O. The Bertz CT molecular complexity index is 797. The third kappa shape index (κ3) is 2.88. The van der Waals surface area contributed by atoms with Gasteiger partial charge in [0.2, 0.25) is 0 Å². The van der Waals surface area contributed by atoms with Crippen LogP contribution in [0.15, 0.2) is 53.0 Å². The molecule has 1 aromatic heterocycles. The van der Waals surface area contributed by atoms with E-state index in [1.165, 1.54) is 0 Å². The number of H-pyrrole nitrogens is 1. The van der Waals surface area contributed by atoms with Crippen molar-refractivity contribution in [2.45, 2.75) is 0 Å². The second-order valence-electron chi connectivity index (χ2n) is 4.38. The predicted molar refractivity (Wildman–Crippen MR) is 93.1 cm³/mol. The molecular weight excluding hydrogens is 431 g/mol. The number of halogens is 2. The first-order valence-electron chi connectivity index (χ1n) is 5.97. The second-order valence-corrected chi connectivity index (χ2v) is 6.54. The van der Waals surface area contributed by atoms with Crippen molar-refractivity contribution in [2.75, 3.05) is 5.32 Å². The van der Waals surface area contributed by atoms with E-state index in [-0.39, 0.29) is 5.91 Å². The minimum Gasteiger partial charge on any atom is -0.350 e. The van der Waals surface area contributed by atoms with Crippen LogP contribution in [0.1, 0.15) is 10.5 Å². The van der Waals surface area contributed by atoms with Crippen molar-refractivity contribution in [3.63, 3.8) is 0 Å². The molecule has 0 atom stereocenters. The highest BCUT2D eigenvalue weighted by molar-refractivity contribution is 14.1. The van der Waals surface area contributed by atoms with Gasteiger partial charge in [-0.25, -0.2) is 0 Å². The highest BCUT2D eigenvalue weighted by Crippen LogP contribution is 2.21. The van der Waals surface area contributed by atoms with Gasteiger partial charge < -0.3 is 10.3 Å². The maximum absolute atomic E-state index is 12.2. The number of anilines is 1. The quantitative estimate of drug-likeness (QED) is 0.553. The maximum Gasteiger partial charge on any atom is 0.272 e. The average molecular weight is 441 g/mol. The Hall–Kier alpha value is -1.34. The number of carbonyl (C=O) groups is 1. The molecule has 0 aliphatic rings. The number of nitrogens with one attached hydrogen (secondary N) is 2. The van der Waals surface area contributed by atoms with Gasteiger partial charge in [-0.2, -0.15) is 0 Å². The summed E-state index contributed by atoms with van der Waals surface area (Å²) in [7, 11) is 0. The molecule has 5 heteroatoms. The molecule has 3 nitrogen and oxygen atoms in total. The van der Waals surface area contributed by atoms with Crippen LogP contribution in [0.2, 0.25) is 0 Å². The fourth-order valence-corrected chi connectivity index (χ4v) is 2.89. The van der Waals surface area contributed by atoms with Crippen molar-refractivity contribution in [2.24, 2.45) is 0 Å². The largest absolute Gasteiger partial charge is 0.350 e. The van der Waals surface area contributed by atoms with Crippen LogP contribution in [-0.4, -0.2) is 10.9 Å². The van der Waals surface area contributed by atoms with Crippen LogP contribution in [0.4, 0.5) is 5.69 Å². The molecule has 0 aliphatic carbocycles. The lowest BCUT2D eigenvalue weighted by atomic mass is 10.2. The molecule has 2 N–H and O–H groups in total. The number of hydrogen-bond donors (Lipinski definition) is 2. The summed E-state index contributed by atoms with van der Waals surface area (Å²) in [4.78, 5) is 15.4. The summed E-state index contributed by atoms with van der Waals surface area (Å²) in [6.07, 6.45) is 0. The van der Waals surface area contributed by atoms with Crippen LogP contribution in [0, 0.1) is 3.57 Å². The fraction of sp³-hybridized carbons (Fsp3) is 0. The van der Waals surface area contributed by atoms with Crippen molar-refractivity contribution in [1.29, 1.82) is 0 Å². The Kier molecular flexibility index (Phi) is 3.80. The first-order valence-corrected chi connectivity index (χ1v) is 7.84. The van der Waals surface area contributed by atoms with Gasteiger partial charge in [0.1, 0.15) is 5.69 Å². The molecule has 100 valence electrons. The van der Waals surface area contributed by atoms with Gasteiger partial charge in [0.25, 0.3) is 5.91 Å². The van der Waals surface area contributed by atoms with Crippen molar-refractivity contribution in [1.82, 2.24) is 4.98 Å². The van der Waals surface area contributed by atoms with Gasteiger partial charge in [0, 0.05) is 24.6 Å².